The van der Waals surface area contributed by atoms with Gasteiger partial charge in [-0.3, -0.25) is 4.98 Å². The van der Waals surface area contributed by atoms with Crippen molar-refractivity contribution in [3.8, 4) is 11.8 Å². The van der Waals surface area contributed by atoms with Crippen LogP contribution in [0.1, 0.15) is 24.6 Å². The Hall–Kier alpha value is -1.77. The zero-order valence-corrected chi connectivity index (χ0v) is 8.51. The second-order valence-electron chi connectivity index (χ2n) is 2.99. The lowest BCUT2D eigenvalue weighted by Crippen LogP contribution is -2.12. The van der Waals surface area contributed by atoms with E-state index in [2.05, 4.69) is 4.98 Å². The number of halogens is 3. The molecule has 0 fully saturated rings. The highest BCUT2D eigenvalue weighted by molar-refractivity contribution is 5.46. The van der Waals surface area contributed by atoms with Gasteiger partial charge in [0.1, 0.15) is 17.4 Å². The van der Waals surface area contributed by atoms with E-state index in [0.29, 0.717) is 6.42 Å². The van der Waals surface area contributed by atoms with Gasteiger partial charge in [-0.05, 0) is 12.5 Å². The molecule has 0 saturated carbocycles. The molecule has 6 heteroatoms. The number of nitrogens with zero attached hydrogens (tertiary/aromatic N) is 2. The van der Waals surface area contributed by atoms with Gasteiger partial charge in [-0.15, -0.1) is 0 Å². The van der Waals surface area contributed by atoms with Crippen LogP contribution in [0.2, 0.25) is 0 Å². The van der Waals surface area contributed by atoms with Gasteiger partial charge in [0, 0.05) is 6.20 Å². The molecule has 1 aromatic heterocycles. The van der Waals surface area contributed by atoms with Gasteiger partial charge in [0.05, 0.1) is 6.61 Å². The molecule has 0 aliphatic rings. The first-order chi connectivity index (χ1) is 7.50. The Morgan fingerprint density at radius 1 is 1.50 bits per heavy atom. The maximum atomic E-state index is 12.5. The highest BCUT2D eigenvalue weighted by Gasteiger charge is 2.36. The third-order valence-corrected chi connectivity index (χ3v) is 1.75. The molecule has 3 nitrogen and oxygen atoms in total. The molecule has 86 valence electrons. The van der Waals surface area contributed by atoms with Crippen molar-refractivity contribution in [3.63, 3.8) is 0 Å². The molecule has 0 aliphatic carbocycles. The van der Waals surface area contributed by atoms with Crippen LogP contribution < -0.4 is 4.74 Å². The zero-order chi connectivity index (χ0) is 12.2. The van der Waals surface area contributed by atoms with Crippen LogP contribution in [0, 0.1) is 11.3 Å². The summed E-state index contributed by atoms with van der Waals surface area (Å²) in [6.07, 6.45) is -3.01. The van der Waals surface area contributed by atoms with E-state index in [9.17, 15) is 13.2 Å². The van der Waals surface area contributed by atoms with Gasteiger partial charge in [-0.25, -0.2) is 0 Å². The number of rotatable bonds is 3. The van der Waals surface area contributed by atoms with E-state index in [1.165, 1.54) is 12.1 Å². The highest BCUT2D eigenvalue weighted by atomic mass is 19.4. The van der Waals surface area contributed by atoms with Crippen LogP contribution in [0.15, 0.2) is 12.3 Å². The number of pyridine rings is 1. The molecule has 0 spiro atoms. The molecular weight excluding hydrogens is 221 g/mol. The number of hydrogen-bond acceptors (Lipinski definition) is 3. The fraction of sp³-hybridized carbons (Fsp3) is 0.400. The van der Waals surface area contributed by atoms with E-state index in [0.717, 1.165) is 6.20 Å². The van der Waals surface area contributed by atoms with Gasteiger partial charge in [-0.1, -0.05) is 6.92 Å². The molecular formula is C10H9F3N2O. The van der Waals surface area contributed by atoms with Crippen molar-refractivity contribution >= 4 is 0 Å². The first-order valence-electron chi connectivity index (χ1n) is 4.59. The van der Waals surface area contributed by atoms with Crippen molar-refractivity contribution in [1.82, 2.24) is 4.98 Å². The number of hydrogen-bond donors (Lipinski definition) is 0. The fourth-order valence-electron chi connectivity index (χ4n) is 1.10. The Bertz CT molecular complexity index is 410. The molecule has 0 aromatic carbocycles. The SMILES string of the molecule is CCCOc1ccnc(C(F)(F)F)c1C#N. The zero-order valence-electron chi connectivity index (χ0n) is 8.51. The van der Waals surface area contributed by atoms with Crippen molar-refractivity contribution in [2.75, 3.05) is 6.61 Å². The molecule has 0 amide bonds. The predicted octanol–water partition coefficient (Wildman–Crippen LogP) is 2.76. The summed E-state index contributed by atoms with van der Waals surface area (Å²) in [5.41, 5.74) is -1.77. The van der Waals surface area contributed by atoms with Gasteiger partial charge in [0.2, 0.25) is 0 Å². The molecule has 0 saturated heterocycles. The van der Waals surface area contributed by atoms with Crippen molar-refractivity contribution in [2.24, 2.45) is 0 Å². The minimum absolute atomic E-state index is 0.0772. The number of ether oxygens (including phenoxy) is 1. The Morgan fingerprint density at radius 2 is 2.19 bits per heavy atom. The quantitative estimate of drug-likeness (QED) is 0.802. The largest absolute Gasteiger partial charge is 0.492 e. The second-order valence-corrected chi connectivity index (χ2v) is 2.99. The normalized spacial score (nSPS) is 10.9. The Morgan fingerprint density at radius 3 is 2.69 bits per heavy atom. The summed E-state index contributed by atoms with van der Waals surface area (Å²) in [5, 5.41) is 8.69. The smallest absolute Gasteiger partial charge is 0.434 e. The van der Waals surface area contributed by atoms with Crippen LogP contribution in [-0.2, 0) is 6.18 Å². The molecule has 0 unspecified atom stereocenters. The topological polar surface area (TPSA) is 45.9 Å². The number of aromatic nitrogens is 1. The average molecular weight is 230 g/mol. The standard InChI is InChI=1S/C10H9F3N2O/c1-2-5-16-8-3-4-15-9(7(8)6-14)10(11,12)13/h3-4H,2,5H2,1H3. The van der Waals surface area contributed by atoms with Crippen LogP contribution in [0.3, 0.4) is 0 Å². The molecule has 1 rings (SSSR count). The molecule has 1 heterocycles. The first-order valence-corrected chi connectivity index (χ1v) is 4.59. The second kappa shape index (κ2) is 4.84. The van der Waals surface area contributed by atoms with Gasteiger partial charge in [-0.2, -0.15) is 18.4 Å². The Kier molecular flexibility index (Phi) is 3.72. The van der Waals surface area contributed by atoms with E-state index >= 15 is 0 Å². The summed E-state index contributed by atoms with van der Waals surface area (Å²) in [6.45, 7) is 2.08. The summed E-state index contributed by atoms with van der Waals surface area (Å²) in [5.74, 6) is -0.0772. The molecule has 0 aliphatic heterocycles. The lowest BCUT2D eigenvalue weighted by atomic mass is 10.2. The van der Waals surface area contributed by atoms with Crippen molar-refractivity contribution < 1.29 is 17.9 Å². The lowest BCUT2D eigenvalue weighted by Gasteiger charge is -2.11. The van der Waals surface area contributed by atoms with Gasteiger partial charge >= 0.3 is 6.18 Å². The lowest BCUT2D eigenvalue weighted by molar-refractivity contribution is -0.141. The molecule has 0 atom stereocenters. The number of alkyl halides is 3. The summed E-state index contributed by atoms with van der Waals surface area (Å²) in [6, 6.07) is 2.73. The molecule has 1 aromatic rings. The van der Waals surface area contributed by atoms with Crippen LogP contribution >= 0.6 is 0 Å². The van der Waals surface area contributed by atoms with Gasteiger partial charge in [0.25, 0.3) is 0 Å². The monoisotopic (exact) mass is 230 g/mol. The third-order valence-electron chi connectivity index (χ3n) is 1.75. The van der Waals surface area contributed by atoms with E-state index in [1.54, 1.807) is 0 Å². The van der Waals surface area contributed by atoms with Crippen LogP contribution in [0.5, 0.6) is 5.75 Å². The van der Waals surface area contributed by atoms with Crippen molar-refractivity contribution in [1.29, 1.82) is 5.26 Å². The van der Waals surface area contributed by atoms with Crippen molar-refractivity contribution in [2.45, 2.75) is 19.5 Å². The minimum Gasteiger partial charge on any atom is -0.492 e. The van der Waals surface area contributed by atoms with E-state index in [4.69, 9.17) is 10.00 Å². The summed E-state index contributed by atoms with van der Waals surface area (Å²) in [7, 11) is 0. The third kappa shape index (κ3) is 2.63. The fourth-order valence-corrected chi connectivity index (χ4v) is 1.10. The van der Waals surface area contributed by atoms with Crippen LogP contribution in [0.4, 0.5) is 13.2 Å². The first kappa shape index (κ1) is 12.3. The maximum Gasteiger partial charge on any atom is 0.434 e. The molecule has 0 bridgehead atoms. The summed E-state index contributed by atoms with van der Waals surface area (Å²) >= 11 is 0. The molecule has 0 N–H and O–H groups in total. The number of nitriles is 1. The van der Waals surface area contributed by atoms with E-state index < -0.39 is 17.4 Å². The van der Waals surface area contributed by atoms with E-state index in [-0.39, 0.29) is 12.4 Å². The van der Waals surface area contributed by atoms with Crippen molar-refractivity contribution in [3.05, 3.63) is 23.5 Å². The predicted molar refractivity (Wildman–Crippen MR) is 49.7 cm³/mol. The maximum absolute atomic E-state index is 12.5. The molecule has 16 heavy (non-hydrogen) atoms. The van der Waals surface area contributed by atoms with Gasteiger partial charge < -0.3 is 4.74 Å². The van der Waals surface area contributed by atoms with Crippen LogP contribution in [-0.4, -0.2) is 11.6 Å². The van der Waals surface area contributed by atoms with Crippen LogP contribution in [0.25, 0.3) is 0 Å². The Balaban J connectivity index is 3.17. The Labute approximate surface area is 90.5 Å². The average Bonchev–Trinajstić information content (AvgIpc) is 2.24. The summed E-state index contributed by atoms with van der Waals surface area (Å²) in [4.78, 5) is 3.16. The highest BCUT2D eigenvalue weighted by Crippen LogP contribution is 2.33. The van der Waals surface area contributed by atoms with Gasteiger partial charge in [0.15, 0.2) is 5.69 Å². The minimum atomic E-state index is -4.64. The van der Waals surface area contributed by atoms with E-state index in [1.807, 2.05) is 6.92 Å². The molecule has 0 radical (unpaired) electrons. The summed E-state index contributed by atoms with van der Waals surface area (Å²) < 4.78 is 42.5.